The summed E-state index contributed by atoms with van der Waals surface area (Å²) in [5, 5.41) is 16.6. The molecule has 0 fully saturated rings. The molecule has 3 aromatic carbocycles. The molecular weight excluding hydrogens is 306 g/mol. The van der Waals surface area contributed by atoms with E-state index in [9.17, 15) is 14.9 Å². The van der Waals surface area contributed by atoms with E-state index in [4.69, 9.17) is 0 Å². The number of nitro benzene ring substituents is 1. The highest BCUT2D eigenvalue weighted by molar-refractivity contribution is 5.99. The molecule has 0 bridgehead atoms. The molecule has 118 valence electrons. The van der Waals surface area contributed by atoms with Crippen LogP contribution in [0.2, 0.25) is 0 Å². The second-order valence-electron chi connectivity index (χ2n) is 5.11. The van der Waals surface area contributed by atoms with Crippen molar-refractivity contribution in [3.05, 3.63) is 88.0 Å². The molecule has 0 aromatic heterocycles. The van der Waals surface area contributed by atoms with Crippen molar-refractivity contribution < 1.29 is 9.72 Å². The van der Waals surface area contributed by atoms with Gasteiger partial charge in [0.1, 0.15) is 0 Å². The third-order valence-electron chi connectivity index (χ3n) is 3.47. The van der Waals surface area contributed by atoms with Crippen LogP contribution in [0, 0.1) is 10.1 Å². The average Bonchev–Trinajstić information content (AvgIpc) is 2.61. The second-order valence-corrected chi connectivity index (χ2v) is 5.11. The molecule has 0 saturated heterocycles. The Morgan fingerprint density at radius 2 is 1.79 bits per heavy atom. The van der Waals surface area contributed by atoms with E-state index >= 15 is 0 Å². The summed E-state index contributed by atoms with van der Waals surface area (Å²) in [5.74, 6) is -0.345. The molecule has 0 heterocycles. The standard InChI is InChI=1S/C18H13N3O3/c22-18(16-9-8-14-5-1-2-6-15(14)11-16)20-19-12-13-4-3-7-17(10-13)21(23)24/h1-12H,(H,20,22)/b19-12-. The average molecular weight is 319 g/mol. The predicted octanol–water partition coefficient (Wildman–Crippen LogP) is 3.51. The van der Waals surface area contributed by atoms with Gasteiger partial charge in [0.2, 0.25) is 0 Å². The Morgan fingerprint density at radius 3 is 2.58 bits per heavy atom. The first-order valence-electron chi connectivity index (χ1n) is 7.20. The Balaban J connectivity index is 1.72. The van der Waals surface area contributed by atoms with Crippen LogP contribution >= 0.6 is 0 Å². The molecule has 0 aliphatic heterocycles. The highest BCUT2D eigenvalue weighted by Crippen LogP contribution is 2.15. The van der Waals surface area contributed by atoms with Gasteiger partial charge >= 0.3 is 0 Å². The topological polar surface area (TPSA) is 84.6 Å². The third-order valence-corrected chi connectivity index (χ3v) is 3.47. The number of nitro groups is 1. The molecule has 6 nitrogen and oxygen atoms in total. The van der Waals surface area contributed by atoms with Crippen molar-refractivity contribution in [2.45, 2.75) is 0 Å². The maximum absolute atomic E-state index is 12.1. The van der Waals surface area contributed by atoms with Gasteiger partial charge in [-0.05, 0) is 22.9 Å². The molecule has 6 heteroatoms. The van der Waals surface area contributed by atoms with Crippen LogP contribution < -0.4 is 5.43 Å². The molecule has 0 radical (unpaired) electrons. The fourth-order valence-corrected chi connectivity index (χ4v) is 2.28. The first-order chi connectivity index (χ1) is 11.6. The van der Waals surface area contributed by atoms with E-state index in [-0.39, 0.29) is 11.6 Å². The molecule has 1 N–H and O–H groups in total. The van der Waals surface area contributed by atoms with Gasteiger partial charge in [0.15, 0.2) is 0 Å². The first kappa shape index (κ1) is 15.4. The van der Waals surface area contributed by atoms with E-state index in [0.717, 1.165) is 10.8 Å². The van der Waals surface area contributed by atoms with Gasteiger partial charge in [0.25, 0.3) is 11.6 Å². The molecule has 1 amide bonds. The van der Waals surface area contributed by atoms with E-state index < -0.39 is 4.92 Å². The van der Waals surface area contributed by atoms with E-state index in [2.05, 4.69) is 10.5 Å². The molecule has 0 aliphatic rings. The Hall–Kier alpha value is -3.54. The van der Waals surface area contributed by atoms with E-state index in [1.807, 2.05) is 30.3 Å². The number of nitrogens with one attached hydrogen (secondary N) is 1. The minimum Gasteiger partial charge on any atom is -0.267 e. The molecule has 3 aromatic rings. The first-order valence-corrected chi connectivity index (χ1v) is 7.20. The van der Waals surface area contributed by atoms with Crippen LogP contribution in [0.25, 0.3) is 10.8 Å². The number of rotatable bonds is 4. The molecule has 0 atom stereocenters. The van der Waals surface area contributed by atoms with Crippen molar-refractivity contribution in [3.8, 4) is 0 Å². The van der Waals surface area contributed by atoms with E-state index in [0.29, 0.717) is 11.1 Å². The number of carbonyl (C=O) groups excluding carboxylic acids is 1. The number of carbonyl (C=O) groups is 1. The summed E-state index contributed by atoms with van der Waals surface area (Å²) < 4.78 is 0. The van der Waals surface area contributed by atoms with Crippen LogP contribution in [0.5, 0.6) is 0 Å². The Kier molecular flexibility index (Phi) is 4.29. The van der Waals surface area contributed by atoms with Gasteiger partial charge in [0, 0.05) is 23.3 Å². The molecule has 3 rings (SSSR count). The van der Waals surface area contributed by atoms with Gasteiger partial charge in [-0.2, -0.15) is 5.10 Å². The zero-order chi connectivity index (χ0) is 16.9. The van der Waals surface area contributed by atoms with Crippen molar-refractivity contribution in [1.29, 1.82) is 0 Å². The Morgan fingerprint density at radius 1 is 1.00 bits per heavy atom. The van der Waals surface area contributed by atoms with Crippen LogP contribution in [0.4, 0.5) is 5.69 Å². The lowest BCUT2D eigenvalue weighted by molar-refractivity contribution is -0.384. The SMILES string of the molecule is O=C(N/N=C\c1cccc([N+](=O)[O-])c1)c1ccc2ccccc2c1. The second kappa shape index (κ2) is 6.70. The molecule has 0 saturated carbocycles. The van der Waals surface area contributed by atoms with Crippen molar-refractivity contribution in [2.24, 2.45) is 5.10 Å². The van der Waals surface area contributed by atoms with Gasteiger partial charge in [-0.15, -0.1) is 0 Å². The number of hydrazone groups is 1. The van der Waals surface area contributed by atoms with Crippen LogP contribution in [0.3, 0.4) is 0 Å². The largest absolute Gasteiger partial charge is 0.271 e. The summed E-state index contributed by atoms with van der Waals surface area (Å²) in [6, 6.07) is 19.1. The fraction of sp³-hybridized carbons (Fsp3) is 0. The molecule has 0 aliphatic carbocycles. The van der Waals surface area contributed by atoms with Gasteiger partial charge in [-0.1, -0.05) is 42.5 Å². The van der Waals surface area contributed by atoms with Gasteiger partial charge < -0.3 is 0 Å². The maximum Gasteiger partial charge on any atom is 0.271 e. The van der Waals surface area contributed by atoms with Crippen molar-refractivity contribution >= 4 is 28.6 Å². The molecular formula is C18H13N3O3. The number of amides is 1. The van der Waals surface area contributed by atoms with Crippen molar-refractivity contribution in [2.75, 3.05) is 0 Å². The van der Waals surface area contributed by atoms with Crippen LogP contribution in [-0.2, 0) is 0 Å². The number of hydrogen-bond acceptors (Lipinski definition) is 4. The predicted molar refractivity (Wildman–Crippen MR) is 92.1 cm³/mol. The smallest absolute Gasteiger partial charge is 0.267 e. The zero-order valence-corrected chi connectivity index (χ0v) is 12.5. The van der Waals surface area contributed by atoms with Gasteiger partial charge in [-0.25, -0.2) is 5.43 Å². The van der Waals surface area contributed by atoms with Crippen molar-refractivity contribution in [1.82, 2.24) is 5.43 Å². The lowest BCUT2D eigenvalue weighted by Crippen LogP contribution is -2.17. The van der Waals surface area contributed by atoms with Crippen molar-refractivity contribution in [3.63, 3.8) is 0 Å². The summed E-state index contributed by atoms with van der Waals surface area (Å²) in [4.78, 5) is 22.4. The Labute approximate surface area is 137 Å². The lowest BCUT2D eigenvalue weighted by atomic mass is 10.1. The van der Waals surface area contributed by atoms with Crippen LogP contribution in [0.15, 0.2) is 71.8 Å². The number of fused-ring (bicyclic) bond motifs is 1. The van der Waals surface area contributed by atoms with E-state index in [1.165, 1.54) is 18.3 Å². The quantitative estimate of drug-likeness (QED) is 0.453. The normalized spacial score (nSPS) is 10.8. The zero-order valence-electron chi connectivity index (χ0n) is 12.5. The van der Waals surface area contributed by atoms with Gasteiger partial charge in [0.05, 0.1) is 11.1 Å². The molecule has 0 spiro atoms. The number of benzene rings is 3. The minimum atomic E-state index is -0.481. The summed E-state index contributed by atoms with van der Waals surface area (Å²) in [7, 11) is 0. The summed E-state index contributed by atoms with van der Waals surface area (Å²) in [5.41, 5.74) is 3.41. The highest BCUT2D eigenvalue weighted by Gasteiger charge is 2.06. The van der Waals surface area contributed by atoms with Crippen LogP contribution in [0.1, 0.15) is 15.9 Å². The minimum absolute atomic E-state index is 0.0280. The van der Waals surface area contributed by atoms with E-state index in [1.54, 1.807) is 24.3 Å². The lowest BCUT2D eigenvalue weighted by Gasteiger charge is -2.02. The molecule has 0 unspecified atom stereocenters. The number of hydrogen-bond donors (Lipinski definition) is 1. The Bertz CT molecular complexity index is 951. The van der Waals surface area contributed by atoms with Gasteiger partial charge in [-0.3, -0.25) is 14.9 Å². The monoisotopic (exact) mass is 319 g/mol. The highest BCUT2D eigenvalue weighted by atomic mass is 16.6. The summed E-state index contributed by atoms with van der Waals surface area (Å²) >= 11 is 0. The summed E-state index contributed by atoms with van der Waals surface area (Å²) in [6.45, 7) is 0. The molecule has 24 heavy (non-hydrogen) atoms. The van der Waals surface area contributed by atoms with Crippen LogP contribution in [-0.4, -0.2) is 17.0 Å². The maximum atomic E-state index is 12.1. The fourth-order valence-electron chi connectivity index (χ4n) is 2.28. The number of nitrogens with zero attached hydrogens (tertiary/aromatic N) is 2. The summed E-state index contributed by atoms with van der Waals surface area (Å²) in [6.07, 6.45) is 1.37. The third kappa shape index (κ3) is 3.44. The number of non-ortho nitro benzene ring substituents is 1.